The van der Waals surface area contributed by atoms with Crippen LogP contribution in [0.3, 0.4) is 0 Å². The van der Waals surface area contributed by atoms with Gasteiger partial charge in [-0.2, -0.15) is 0 Å². The van der Waals surface area contributed by atoms with Crippen LogP contribution in [0.25, 0.3) is 0 Å². The lowest BCUT2D eigenvalue weighted by Crippen LogP contribution is -2.20. The van der Waals surface area contributed by atoms with Crippen LogP contribution in [-0.2, 0) is 13.1 Å². The molecule has 1 heterocycles. The summed E-state index contributed by atoms with van der Waals surface area (Å²) in [4.78, 5) is 0. The molecule has 0 saturated heterocycles. The van der Waals surface area contributed by atoms with Gasteiger partial charge < -0.3 is 10.4 Å². The first kappa shape index (κ1) is 15.9. The van der Waals surface area contributed by atoms with E-state index in [1.807, 2.05) is 30.5 Å². The molecule has 0 aliphatic carbocycles. The van der Waals surface area contributed by atoms with Gasteiger partial charge >= 0.3 is 0 Å². The van der Waals surface area contributed by atoms with Crippen LogP contribution in [0, 0.1) is 0 Å². The van der Waals surface area contributed by atoms with E-state index in [0.29, 0.717) is 19.5 Å². The summed E-state index contributed by atoms with van der Waals surface area (Å²) >= 11 is 5.92. The average molecular weight is 309 g/mol. The summed E-state index contributed by atoms with van der Waals surface area (Å²) in [5.41, 5.74) is 2.12. The third-order valence-corrected chi connectivity index (χ3v) is 3.59. The first-order valence-electron chi connectivity index (χ1n) is 7.21. The number of aliphatic hydroxyl groups is 1. The van der Waals surface area contributed by atoms with Gasteiger partial charge in [0.2, 0.25) is 0 Å². The molecule has 0 amide bonds. The molecule has 21 heavy (non-hydrogen) atoms. The largest absolute Gasteiger partial charge is 0.396 e. The van der Waals surface area contributed by atoms with Crippen LogP contribution >= 0.6 is 11.6 Å². The smallest absolute Gasteiger partial charge is 0.0965 e. The maximum absolute atomic E-state index is 8.80. The normalized spacial score (nSPS) is 12.5. The molecule has 1 unspecified atom stereocenters. The Morgan fingerprint density at radius 2 is 2.10 bits per heavy atom. The highest BCUT2D eigenvalue weighted by Gasteiger charge is 2.09. The van der Waals surface area contributed by atoms with Gasteiger partial charge in [0.25, 0.3) is 0 Å². The highest BCUT2D eigenvalue weighted by atomic mass is 35.5. The Morgan fingerprint density at radius 1 is 1.33 bits per heavy atom. The minimum absolute atomic E-state index is 0.169. The fourth-order valence-corrected chi connectivity index (χ4v) is 2.31. The minimum Gasteiger partial charge on any atom is -0.396 e. The van der Waals surface area contributed by atoms with Crippen LogP contribution in [0.5, 0.6) is 0 Å². The maximum Gasteiger partial charge on any atom is 0.0965 e. The topological polar surface area (TPSA) is 63.0 Å². The summed E-state index contributed by atoms with van der Waals surface area (Å²) in [6.45, 7) is 3.67. The van der Waals surface area contributed by atoms with Crippen LogP contribution in [0.15, 0.2) is 30.5 Å². The van der Waals surface area contributed by atoms with Crippen molar-refractivity contribution in [2.75, 3.05) is 6.61 Å². The second-order valence-electron chi connectivity index (χ2n) is 4.94. The molecule has 2 N–H and O–H groups in total. The fraction of sp³-hybridized carbons (Fsp3) is 0.467. The van der Waals surface area contributed by atoms with E-state index in [2.05, 4.69) is 22.6 Å². The number of hydrogen-bond donors (Lipinski definition) is 2. The molecule has 1 atom stereocenters. The van der Waals surface area contributed by atoms with E-state index in [9.17, 15) is 0 Å². The van der Waals surface area contributed by atoms with E-state index in [4.69, 9.17) is 16.7 Å². The third kappa shape index (κ3) is 4.81. The summed E-state index contributed by atoms with van der Waals surface area (Å²) in [5, 5.41) is 21.2. The fourth-order valence-electron chi connectivity index (χ4n) is 2.18. The monoisotopic (exact) mass is 308 g/mol. The van der Waals surface area contributed by atoms with Crippen molar-refractivity contribution in [2.45, 2.75) is 38.9 Å². The zero-order valence-corrected chi connectivity index (χ0v) is 12.9. The molecule has 0 spiro atoms. The number of nitrogens with zero attached hydrogens (tertiary/aromatic N) is 3. The first-order chi connectivity index (χ1) is 10.2. The Labute approximate surface area is 129 Å². The summed E-state index contributed by atoms with van der Waals surface area (Å²) < 4.78 is 1.76. The molecular formula is C15H21ClN4O. The van der Waals surface area contributed by atoms with Gasteiger partial charge in [0.15, 0.2) is 0 Å². The number of nitrogens with one attached hydrogen (secondary N) is 1. The van der Waals surface area contributed by atoms with Crippen molar-refractivity contribution in [1.29, 1.82) is 0 Å². The molecule has 5 nitrogen and oxygen atoms in total. The van der Waals surface area contributed by atoms with E-state index in [1.54, 1.807) is 4.68 Å². The zero-order valence-electron chi connectivity index (χ0n) is 12.2. The molecule has 114 valence electrons. The Morgan fingerprint density at radius 3 is 2.76 bits per heavy atom. The van der Waals surface area contributed by atoms with Gasteiger partial charge in [0.05, 0.1) is 5.69 Å². The van der Waals surface area contributed by atoms with Crippen molar-refractivity contribution >= 4 is 11.6 Å². The Bertz CT molecular complexity index is 541. The molecule has 0 saturated carbocycles. The summed E-state index contributed by atoms with van der Waals surface area (Å²) in [7, 11) is 0. The van der Waals surface area contributed by atoms with E-state index in [-0.39, 0.29) is 12.6 Å². The molecule has 1 aromatic carbocycles. The number of hydrogen-bond acceptors (Lipinski definition) is 4. The lowest BCUT2D eigenvalue weighted by Gasteiger charge is -2.16. The molecule has 2 aromatic rings. The van der Waals surface area contributed by atoms with Crippen LogP contribution < -0.4 is 5.32 Å². The minimum atomic E-state index is 0.169. The van der Waals surface area contributed by atoms with E-state index >= 15 is 0 Å². The molecule has 2 rings (SSSR count). The summed E-state index contributed by atoms with van der Waals surface area (Å²) in [6.07, 6.45) is 3.59. The summed E-state index contributed by atoms with van der Waals surface area (Å²) in [6, 6.07) is 8.17. The molecule has 0 fully saturated rings. The van der Waals surface area contributed by atoms with Crippen molar-refractivity contribution in [3.8, 4) is 0 Å². The molecule has 0 aliphatic heterocycles. The zero-order chi connectivity index (χ0) is 15.1. The Kier molecular flexibility index (Phi) is 6.17. The van der Waals surface area contributed by atoms with Gasteiger partial charge in [-0.1, -0.05) is 35.9 Å². The van der Waals surface area contributed by atoms with Crippen LogP contribution in [0.4, 0.5) is 0 Å². The second kappa shape index (κ2) is 8.12. The average Bonchev–Trinajstić information content (AvgIpc) is 2.95. The van der Waals surface area contributed by atoms with Gasteiger partial charge in [-0.3, -0.25) is 4.68 Å². The van der Waals surface area contributed by atoms with Crippen LogP contribution in [-0.4, -0.2) is 26.7 Å². The first-order valence-corrected chi connectivity index (χ1v) is 7.59. The number of aryl methyl sites for hydroxylation is 1. The lowest BCUT2D eigenvalue weighted by molar-refractivity contribution is 0.276. The molecule has 0 aliphatic rings. The predicted molar refractivity (Wildman–Crippen MR) is 83.0 cm³/mol. The van der Waals surface area contributed by atoms with Crippen molar-refractivity contribution < 1.29 is 5.11 Å². The van der Waals surface area contributed by atoms with E-state index in [0.717, 1.165) is 17.1 Å². The molecule has 1 aromatic heterocycles. The lowest BCUT2D eigenvalue weighted by atomic mass is 10.0. The standard InChI is InChI=1S/C15H21ClN4O/c1-2-15(12-4-6-13(16)7-5-12)17-10-14-11-20(19-18-14)8-3-9-21/h4-7,11,15,17,21H,2-3,8-10H2,1H3. The number of rotatable bonds is 8. The van der Waals surface area contributed by atoms with Crippen molar-refractivity contribution in [2.24, 2.45) is 0 Å². The Balaban J connectivity index is 1.90. The quantitative estimate of drug-likeness (QED) is 0.786. The highest BCUT2D eigenvalue weighted by molar-refractivity contribution is 6.30. The maximum atomic E-state index is 8.80. The predicted octanol–water partition coefficient (Wildman–Crippen LogP) is 2.55. The van der Waals surface area contributed by atoms with Gasteiger partial charge in [-0.05, 0) is 30.5 Å². The van der Waals surface area contributed by atoms with Gasteiger partial charge in [0.1, 0.15) is 0 Å². The third-order valence-electron chi connectivity index (χ3n) is 3.34. The SMILES string of the molecule is CCC(NCc1cn(CCCO)nn1)c1ccc(Cl)cc1. The van der Waals surface area contributed by atoms with Crippen molar-refractivity contribution in [3.63, 3.8) is 0 Å². The van der Waals surface area contributed by atoms with Gasteiger partial charge in [-0.25, -0.2) is 0 Å². The molecular weight excluding hydrogens is 288 g/mol. The number of benzene rings is 1. The molecule has 0 radical (unpaired) electrons. The van der Waals surface area contributed by atoms with Gasteiger partial charge in [-0.15, -0.1) is 5.10 Å². The van der Waals surface area contributed by atoms with Crippen LogP contribution in [0.2, 0.25) is 5.02 Å². The molecule has 0 bridgehead atoms. The highest BCUT2D eigenvalue weighted by Crippen LogP contribution is 2.19. The number of halogens is 1. The second-order valence-corrected chi connectivity index (χ2v) is 5.38. The number of aliphatic hydroxyl groups excluding tert-OH is 1. The van der Waals surface area contributed by atoms with E-state index in [1.165, 1.54) is 5.56 Å². The van der Waals surface area contributed by atoms with E-state index < -0.39 is 0 Å². The van der Waals surface area contributed by atoms with Crippen molar-refractivity contribution in [1.82, 2.24) is 20.3 Å². The summed E-state index contributed by atoms with van der Waals surface area (Å²) in [5.74, 6) is 0. The molecule has 6 heteroatoms. The number of aromatic nitrogens is 3. The van der Waals surface area contributed by atoms with Crippen LogP contribution in [0.1, 0.15) is 37.1 Å². The van der Waals surface area contributed by atoms with Gasteiger partial charge in [0, 0.05) is 37.0 Å². The Hall–Kier alpha value is -1.43. The van der Waals surface area contributed by atoms with Crippen molar-refractivity contribution in [3.05, 3.63) is 46.7 Å².